The monoisotopic (exact) mass is 253 g/mol. The fourth-order valence-electron chi connectivity index (χ4n) is 2.76. The van der Waals surface area contributed by atoms with E-state index in [1.807, 2.05) is 31.3 Å². The first kappa shape index (κ1) is 12.0. The second-order valence-electron chi connectivity index (χ2n) is 5.20. The van der Waals surface area contributed by atoms with Crippen molar-refractivity contribution >= 4 is 11.5 Å². The first-order valence-corrected chi connectivity index (χ1v) is 6.72. The number of anilines is 2. The zero-order valence-electron chi connectivity index (χ0n) is 11.4. The van der Waals surface area contributed by atoms with E-state index in [-0.39, 0.29) is 0 Å². The maximum Gasteiger partial charge on any atom is 0.151 e. The molecule has 1 aliphatic carbocycles. The molecule has 0 radical (unpaired) electrons. The first-order valence-electron chi connectivity index (χ1n) is 6.72. The molecular weight excluding hydrogens is 234 g/mol. The Hall–Kier alpha value is -2.03. The van der Waals surface area contributed by atoms with E-state index in [2.05, 4.69) is 40.6 Å². The average Bonchev–Trinajstić information content (AvgIpc) is 2.83. The topological polar surface area (TPSA) is 28.2 Å². The minimum absolute atomic E-state index is 0.402. The molecule has 0 saturated heterocycles. The van der Waals surface area contributed by atoms with E-state index in [0.29, 0.717) is 6.04 Å². The molecule has 1 heterocycles. The number of rotatable bonds is 3. The maximum atomic E-state index is 4.44. The number of nitrogens with one attached hydrogen (secondary N) is 1. The smallest absolute Gasteiger partial charge is 0.151 e. The van der Waals surface area contributed by atoms with Crippen molar-refractivity contribution in [3.8, 4) is 0 Å². The molecule has 1 unspecified atom stereocenters. The van der Waals surface area contributed by atoms with Crippen molar-refractivity contribution < 1.29 is 0 Å². The van der Waals surface area contributed by atoms with Gasteiger partial charge in [0, 0.05) is 20.3 Å². The Morgan fingerprint density at radius 2 is 2.00 bits per heavy atom. The van der Waals surface area contributed by atoms with Crippen molar-refractivity contribution in [2.75, 3.05) is 24.3 Å². The largest absolute Gasteiger partial charge is 0.375 e. The van der Waals surface area contributed by atoms with E-state index in [9.17, 15) is 0 Å². The van der Waals surface area contributed by atoms with E-state index in [1.165, 1.54) is 11.1 Å². The van der Waals surface area contributed by atoms with Crippen molar-refractivity contribution in [3.63, 3.8) is 0 Å². The standard InChI is InChI=1S/C16H19N3/c1-19(2)16-15(8-5-11-17-16)18-14-10-9-12-6-3-4-7-13(12)14/h3-8,11,14,18H,9-10H2,1-2H3. The lowest BCUT2D eigenvalue weighted by atomic mass is 10.1. The van der Waals surface area contributed by atoms with Crippen LogP contribution in [0.1, 0.15) is 23.6 Å². The van der Waals surface area contributed by atoms with E-state index < -0.39 is 0 Å². The number of pyridine rings is 1. The lowest BCUT2D eigenvalue weighted by molar-refractivity contribution is 0.761. The molecule has 1 N–H and O–H groups in total. The summed E-state index contributed by atoms with van der Waals surface area (Å²) in [6.07, 6.45) is 4.15. The second-order valence-corrected chi connectivity index (χ2v) is 5.20. The molecule has 3 nitrogen and oxygen atoms in total. The molecule has 3 rings (SSSR count). The third-order valence-electron chi connectivity index (χ3n) is 3.67. The van der Waals surface area contributed by atoms with Gasteiger partial charge in [0.2, 0.25) is 0 Å². The summed E-state index contributed by atoms with van der Waals surface area (Å²) in [4.78, 5) is 6.48. The van der Waals surface area contributed by atoms with Gasteiger partial charge >= 0.3 is 0 Å². The Kier molecular flexibility index (Phi) is 3.11. The molecule has 2 aromatic rings. The molecule has 1 aromatic heterocycles. The molecule has 0 saturated carbocycles. The molecule has 1 aromatic carbocycles. The Labute approximate surface area is 114 Å². The Morgan fingerprint density at radius 3 is 2.84 bits per heavy atom. The maximum absolute atomic E-state index is 4.44. The molecule has 0 fully saturated rings. The van der Waals surface area contributed by atoms with E-state index in [4.69, 9.17) is 0 Å². The molecule has 19 heavy (non-hydrogen) atoms. The van der Waals surface area contributed by atoms with Crippen LogP contribution in [0.5, 0.6) is 0 Å². The first-order chi connectivity index (χ1) is 9.25. The fourth-order valence-corrected chi connectivity index (χ4v) is 2.76. The third-order valence-corrected chi connectivity index (χ3v) is 3.67. The second kappa shape index (κ2) is 4.92. The fraction of sp³-hybridized carbons (Fsp3) is 0.312. The number of nitrogens with zero attached hydrogens (tertiary/aromatic N) is 2. The minimum Gasteiger partial charge on any atom is -0.375 e. The summed E-state index contributed by atoms with van der Waals surface area (Å²) in [5.41, 5.74) is 4.00. The van der Waals surface area contributed by atoms with Crippen molar-refractivity contribution in [1.82, 2.24) is 4.98 Å². The molecule has 0 aliphatic heterocycles. The lowest BCUT2D eigenvalue weighted by Crippen LogP contribution is -2.15. The minimum atomic E-state index is 0.402. The lowest BCUT2D eigenvalue weighted by Gasteiger charge is -2.21. The van der Waals surface area contributed by atoms with Gasteiger partial charge in [-0.1, -0.05) is 24.3 Å². The van der Waals surface area contributed by atoms with E-state index >= 15 is 0 Å². The molecule has 1 atom stereocenters. The van der Waals surface area contributed by atoms with Crippen LogP contribution in [0.15, 0.2) is 42.6 Å². The summed E-state index contributed by atoms with van der Waals surface area (Å²) in [5.74, 6) is 0.992. The van der Waals surface area contributed by atoms with Crippen LogP contribution in [0.25, 0.3) is 0 Å². The van der Waals surface area contributed by atoms with E-state index in [0.717, 1.165) is 24.3 Å². The molecule has 0 spiro atoms. The zero-order chi connectivity index (χ0) is 13.2. The van der Waals surface area contributed by atoms with E-state index in [1.54, 1.807) is 0 Å². The summed E-state index contributed by atoms with van der Waals surface area (Å²) < 4.78 is 0. The van der Waals surface area contributed by atoms with Crippen LogP contribution in [-0.2, 0) is 6.42 Å². The summed E-state index contributed by atoms with van der Waals surface area (Å²) in [5, 5.41) is 3.64. The van der Waals surface area contributed by atoms with Gasteiger partial charge in [0.05, 0.1) is 11.7 Å². The predicted octanol–water partition coefficient (Wildman–Crippen LogP) is 3.25. The van der Waals surface area contributed by atoms with Gasteiger partial charge in [0.25, 0.3) is 0 Å². The summed E-state index contributed by atoms with van der Waals surface area (Å²) >= 11 is 0. The SMILES string of the molecule is CN(C)c1ncccc1NC1CCc2ccccc21. The van der Waals surface area contributed by atoms with Gasteiger partial charge in [-0.15, -0.1) is 0 Å². The van der Waals surface area contributed by atoms with Crippen LogP contribution in [0.3, 0.4) is 0 Å². The molecule has 0 bridgehead atoms. The quantitative estimate of drug-likeness (QED) is 0.910. The number of aryl methyl sites for hydroxylation is 1. The Morgan fingerprint density at radius 1 is 1.16 bits per heavy atom. The van der Waals surface area contributed by atoms with Crippen LogP contribution in [0.2, 0.25) is 0 Å². The number of benzene rings is 1. The Balaban J connectivity index is 1.88. The highest BCUT2D eigenvalue weighted by atomic mass is 15.2. The van der Waals surface area contributed by atoms with Gasteiger partial charge in [-0.2, -0.15) is 0 Å². The molecule has 0 amide bonds. The van der Waals surface area contributed by atoms with Crippen molar-refractivity contribution in [2.24, 2.45) is 0 Å². The third kappa shape index (κ3) is 2.28. The van der Waals surface area contributed by atoms with Gasteiger partial charge in [-0.25, -0.2) is 4.98 Å². The predicted molar refractivity (Wildman–Crippen MR) is 79.7 cm³/mol. The van der Waals surface area contributed by atoms with Crippen molar-refractivity contribution in [2.45, 2.75) is 18.9 Å². The molecule has 1 aliphatic rings. The Bertz CT molecular complexity index is 578. The average molecular weight is 253 g/mol. The van der Waals surface area contributed by atoms with Gasteiger partial charge in [0.15, 0.2) is 5.82 Å². The van der Waals surface area contributed by atoms with Gasteiger partial charge in [0.1, 0.15) is 0 Å². The summed E-state index contributed by atoms with van der Waals surface area (Å²) in [7, 11) is 4.05. The summed E-state index contributed by atoms with van der Waals surface area (Å²) in [6, 6.07) is 13.2. The van der Waals surface area contributed by atoms with Crippen LogP contribution in [-0.4, -0.2) is 19.1 Å². The number of fused-ring (bicyclic) bond motifs is 1. The van der Waals surface area contributed by atoms with Crippen LogP contribution in [0.4, 0.5) is 11.5 Å². The normalized spacial score (nSPS) is 17.1. The molecular formula is C16H19N3. The molecule has 98 valence electrons. The highest BCUT2D eigenvalue weighted by Crippen LogP contribution is 2.35. The molecule has 3 heteroatoms. The van der Waals surface area contributed by atoms with Gasteiger partial charge in [-0.3, -0.25) is 0 Å². The number of aromatic nitrogens is 1. The van der Waals surface area contributed by atoms with Gasteiger partial charge < -0.3 is 10.2 Å². The highest BCUT2D eigenvalue weighted by molar-refractivity contribution is 5.65. The summed E-state index contributed by atoms with van der Waals surface area (Å²) in [6.45, 7) is 0. The highest BCUT2D eigenvalue weighted by Gasteiger charge is 2.22. The number of hydrogen-bond acceptors (Lipinski definition) is 3. The van der Waals surface area contributed by atoms with Crippen molar-refractivity contribution in [1.29, 1.82) is 0 Å². The number of hydrogen-bond donors (Lipinski definition) is 1. The van der Waals surface area contributed by atoms with Crippen LogP contribution in [0, 0.1) is 0 Å². The van der Waals surface area contributed by atoms with Crippen LogP contribution >= 0.6 is 0 Å². The van der Waals surface area contributed by atoms with Crippen molar-refractivity contribution in [3.05, 3.63) is 53.7 Å². The van der Waals surface area contributed by atoms with Gasteiger partial charge in [-0.05, 0) is 36.1 Å². The van der Waals surface area contributed by atoms with Crippen LogP contribution < -0.4 is 10.2 Å². The zero-order valence-corrected chi connectivity index (χ0v) is 11.4.